The number of allylic oxidation sites excluding steroid dienone is 2. The topological polar surface area (TPSA) is 144 Å². The fraction of sp³-hybridized carbons (Fsp3) is 0.182. The van der Waals surface area contributed by atoms with Crippen molar-refractivity contribution in [2.75, 3.05) is 6.54 Å². The Morgan fingerprint density at radius 3 is 1.63 bits per heavy atom. The van der Waals surface area contributed by atoms with Gasteiger partial charge in [0.25, 0.3) is 0 Å². The van der Waals surface area contributed by atoms with E-state index in [-0.39, 0.29) is 28.7 Å². The van der Waals surface area contributed by atoms with Crippen LogP contribution in [0.15, 0.2) is 27.8 Å². The molecule has 0 aromatic rings. The Morgan fingerprint density at radius 1 is 0.895 bits per heavy atom. The van der Waals surface area contributed by atoms with Crippen LogP contribution in [0.4, 0.5) is 0 Å². The molecule has 0 radical (unpaired) electrons. The summed E-state index contributed by atoms with van der Waals surface area (Å²) < 4.78 is 0. The second-order valence-electron chi connectivity index (χ2n) is 3.15. The van der Waals surface area contributed by atoms with Gasteiger partial charge in [0.05, 0.1) is 0 Å². The van der Waals surface area contributed by atoms with Gasteiger partial charge in [-0.15, -0.1) is 0 Å². The quantitative estimate of drug-likeness (QED) is 0.541. The first-order valence-corrected chi connectivity index (χ1v) is 5.14. The van der Waals surface area contributed by atoms with Crippen molar-refractivity contribution < 1.29 is 0 Å². The Morgan fingerprint density at radius 2 is 1.32 bits per heavy atom. The third kappa shape index (κ3) is 3.00. The molecule has 8 heteroatoms. The number of nitriles is 4. The predicted molar refractivity (Wildman–Crippen MR) is 63.9 cm³/mol. The van der Waals surface area contributed by atoms with Gasteiger partial charge in [-0.05, 0) is 6.92 Å². The second-order valence-corrected chi connectivity index (χ2v) is 3.15. The molecule has 0 saturated carbocycles. The van der Waals surface area contributed by atoms with Crippen molar-refractivity contribution in [2.45, 2.75) is 6.92 Å². The van der Waals surface area contributed by atoms with Crippen LogP contribution in [-0.2, 0) is 0 Å². The van der Waals surface area contributed by atoms with Crippen molar-refractivity contribution in [3.63, 3.8) is 0 Å². The van der Waals surface area contributed by atoms with Crippen LogP contribution >= 0.6 is 0 Å². The fourth-order valence-electron chi connectivity index (χ4n) is 1.22. The van der Waals surface area contributed by atoms with Crippen LogP contribution in [-0.4, -0.2) is 12.5 Å². The van der Waals surface area contributed by atoms with E-state index in [9.17, 15) is 0 Å². The van der Waals surface area contributed by atoms with Crippen molar-refractivity contribution >= 4 is 5.96 Å². The SMILES string of the molecule is CCN=C1NC(=C(C#N)C#N)NC(=C(C#N)C#N)N1. The van der Waals surface area contributed by atoms with E-state index in [2.05, 4.69) is 20.9 Å². The third-order valence-electron chi connectivity index (χ3n) is 2.00. The largest absolute Gasteiger partial charge is 0.324 e. The summed E-state index contributed by atoms with van der Waals surface area (Å²) in [5, 5.41) is 43.3. The zero-order valence-electron chi connectivity index (χ0n) is 9.94. The Hall–Kier alpha value is -3.49. The lowest BCUT2D eigenvalue weighted by Gasteiger charge is -2.25. The van der Waals surface area contributed by atoms with Crippen LogP contribution in [0.3, 0.4) is 0 Å². The van der Waals surface area contributed by atoms with Crippen molar-refractivity contribution in [3.05, 3.63) is 22.8 Å². The molecule has 19 heavy (non-hydrogen) atoms. The number of aliphatic imine (C=N–C) groups is 1. The smallest absolute Gasteiger partial charge is 0.202 e. The van der Waals surface area contributed by atoms with E-state index >= 15 is 0 Å². The summed E-state index contributed by atoms with van der Waals surface area (Å²) in [6.07, 6.45) is 0. The van der Waals surface area contributed by atoms with Gasteiger partial charge < -0.3 is 16.0 Å². The summed E-state index contributed by atoms with van der Waals surface area (Å²) in [5.41, 5.74) is -0.420. The molecule has 1 aliphatic rings. The molecule has 3 N–H and O–H groups in total. The normalized spacial score (nSPS) is 12.4. The van der Waals surface area contributed by atoms with E-state index in [0.717, 1.165) is 0 Å². The van der Waals surface area contributed by atoms with Crippen molar-refractivity contribution in [3.8, 4) is 24.3 Å². The number of rotatable bonds is 1. The molecule has 0 unspecified atom stereocenters. The first kappa shape index (κ1) is 13.6. The van der Waals surface area contributed by atoms with Crippen LogP contribution in [0.1, 0.15) is 6.92 Å². The summed E-state index contributed by atoms with van der Waals surface area (Å²) >= 11 is 0. The monoisotopic (exact) mass is 252 g/mol. The van der Waals surface area contributed by atoms with E-state index < -0.39 is 0 Å². The number of guanidine groups is 1. The summed E-state index contributed by atoms with van der Waals surface area (Å²) in [6.45, 7) is 2.23. The number of hydrogen-bond acceptors (Lipinski definition) is 6. The van der Waals surface area contributed by atoms with Gasteiger partial charge in [0.15, 0.2) is 11.1 Å². The molecule has 0 bridgehead atoms. The summed E-state index contributed by atoms with van der Waals surface area (Å²) in [7, 11) is 0. The van der Waals surface area contributed by atoms with Gasteiger partial charge >= 0.3 is 0 Å². The van der Waals surface area contributed by atoms with Crippen LogP contribution in [0, 0.1) is 45.3 Å². The number of nitrogens with one attached hydrogen (secondary N) is 3. The van der Waals surface area contributed by atoms with E-state index in [4.69, 9.17) is 21.0 Å². The molecule has 0 atom stereocenters. The van der Waals surface area contributed by atoms with Crippen LogP contribution in [0.25, 0.3) is 0 Å². The molecule has 92 valence electrons. The van der Waals surface area contributed by atoms with Gasteiger partial charge in [-0.2, -0.15) is 21.0 Å². The predicted octanol–water partition coefficient (Wildman–Crippen LogP) is -0.338. The molecular weight excluding hydrogens is 244 g/mol. The zero-order valence-corrected chi connectivity index (χ0v) is 9.94. The van der Waals surface area contributed by atoms with E-state index in [1.54, 1.807) is 31.2 Å². The summed E-state index contributed by atoms with van der Waals surface area (Å²) in [4.78, 5) is 4.03. The molecule has 1 heterocycles. The minimum atomic E-state index is -0.210. The Balaban J connectivity index is 3.35. The van der Waals surface area contributed by atoms with Crippen molar-refractivity contribution in [2.24, 2.45) is 4.99 Å². The Bertz CT molecular complexity index is 554. The lowest BCUT2D eigenvalue weighted by molar-refractivity contribution is 0.749. The first-order chi connectivity index (χ1) is 9.19. The highest BCUT2D eigenvalue weighted by molar-refractivity contribution is 5.85. The van der Waals surface area contributed by atoms with Crippen LogP contribution in [0.5, 0.6) is 0 Å². The van der Waals surface area contributed by atoms with Gasteiger partial charge in [-0.25, -0.2) is 0 Å². The molecule has 0 spiro atoms. The van der Waals surface area contributed by atoms with Gasteiger partial charge in [0.1, 0.15) is 35.9 Å². The average molecular weight is 252 g/mol. The number of nitrogens with zero attached hydrogens (tertiary/aromatic N) is 5. The molecule has 1 fully saturated rings. The molecular formula is C11H8N8. The maximum absolute atomic E-state index is 8.82. The first-order valence-electron chi connectivity index (χ1n) is 5.14. The molecule has 1 rings (SSSR count). The molecule has 1 aliphatic heterocycles. The van der Waals surface area contributed by atoms with E-state index in [1.807, 2.05) is 0 Å². The maximum Gasteiger partial charge on any atom is 0.202 e. The molecule has 8 nitrogen and oxygen atoms in total. The highest BCUT2D eigenvalue weighted by atomic mass is 15.3. The van der Waals surface area contributed by atoms with Gasteiger partial charge in [-0.3, -0.25) is 4.99 Å². The van der Waals surface area contributed by atoms with Crippen LogP contribution in [0.2, 0.25) is 0 Å². The third-order valence-corrected chi connectivity index (χ3v) is 2.00. The Labute approximate surface area is 109 Å². The maximum atomic E-state index is 8.82. The second kappa shape index (κ2) is 6.30. The fourth-order valence-corrected chi connectivity index (χ4v) is 1.22. The van der Waals surface area contributed by atoms with Gasteiger partial charge in [-0.1, -0.05) is 0 Å². The Kier molecular flexibility index (Phi) is 4.50. The summed E-state index contributed by atoms with van der Waals surface area (Å²) in [5.74, 6) is 0.403. The minimum absolute atomic E-state index is 0.0777. The lowest BCUT2D eigenvalue weighted by Crippen LogP contribution is -2.50. The molecule has 0 amide bonds. The molecule has 0 aromatic carbocycles. The number of hydrogen-bond donors (Lipinski definition) is 3. The molecule has 0 aromatic heterocycles. The van der Waals surface area contributed by atoms with Crippen molar-refractivity contribution in [1.82, 2.24) is 16.0 Å². The standard InChI is InChI=1S/C11H8N8/c1-2-16-11-18-9(7(3-12)4-13)17-10(19-11)8(5-14)6-15/h17H,2H2,1H3,(H2,16,18,19). The molecule has 0 aliphatic carbocycles. The minimum Gasteiger partial charge on any atom is -0.324 e. The van der Waals surface area contributed by atoms with Gasteiger partial charge in [0.2, 0.25) is 5.96 Å². The zero-order chi connectivity index (χ0) is 14.3. The molecule has 1 saturated heterocycles. The summed E-state index contributed by atoms with van der Waals surface area (Å²) in [6, 6.07) is 6.81. The van der Waals surface area contributed by atoms with E-state index in [1.165, 1.54) is 0 Å². The highest BCUT2D eigenvalue weighted by Crippen LogP contribution is 2.06. The van der Waals surface area contributed by atoms with Crippen molar-refractivity contribution in [1.29, 1.82) is 21.0 Å². The average Bonchev–Trinajstić information content (AvgIpc) is 2.42. The van der Waals surface area contributed by atoms with E-state index in [0.29, 0.717) is 6.54 Å². The van der Waals surface area contributed by atoms with Gasteiger partial charge in [0, 0.05) is 6.54 Å². The highest BCUT2D eigenvalue weighted by Gasteiger charge is 2.20. The lowest BCUT2D eigenvalue weighted by atomic mass is 10.2. The van der Waals surface area contributed by atoms with Crippen LogP contribution < -0.4 is 16.0 Å².